The first-order valence-corrected chi connectivity index (χ1v) is 11.0. The van der Waals surface area contributed by atoms with E-state index in [2.05, 4.69) is 25.2 Å². The molecular weight excluding hydrogens is 420 g/mol. The number of nitrogens with zero attached hydrogens (tertiary/aromatic N) is 3. The van der Waals surface area contributed by atoms with Crippen molar-refractivity contribution in [3.63, 3.8) is 0 Å². The summed E-state index contributed by atoms with van der Waals surface area (Å²) in [7, 11) is 1.34. The SMILES string of the molecule is COC(=O)CSc1nnc(NC(=O)[C@@H]2CCCN(Cc3ccccc3Cl)C2)s1. The highest BCUT2D eigenvalue weighted by Crippen LogP contribution is 2.27. The molecule has 1 aromatic carbocycles. The van der Waals surface area contributed by atoms with Crippen molar-refractivity contribution in [1.82, 2.24) is 15.1 Å². The van der Waals surface area contributed by atoms with Crippen LogP contribution in [0.1, 0.15) is 18.4 Å². The molecule has 1 aliphatic rings. The summed E-state index contributed by atoms with van der Waals surface area (Å²) >= 11 is 8.75. The first-order valence-electron chi connectivity index (χ1n) is 8.85. The number of aromatic nitrogens is 2. The fourth-order valence-electron chi connectivity index (χ4n) is 2.99. The Morgan fingerprint density at radius 1 is 1.39 bits per heavy atom. The number of amides is 1. The van der Waals surface area contributed by atoms with Gasteiger partial charge in [0.2, 0.25) is 11.0 Å². The highest BCUT2D eigenvalue weighted by molar-refractivity contribution is 8.01. The standard InChI is InChI=1S/C18H21ClN4O3S2/c1-26-15(24)11-27-18-22-21-17(28-18)20-16(25)13-6-4-8-23(10-13)9-12-5-2-3-7-14(12)19/h2-3,5,7,13H,4,6,8-11H2,1H3,(H,20,21,25)/t13-/m1/s1. The zero-order valence-electron chi connectivity index (χ0n) is 15.4. The van der Waals surface area contributed by atoms with Gasteiger partial charge in [0.05, 0.1) is 18.8 Å². The number of carbonyl (C=O) groups excluding carboxylic acids is 2. The van der Waals surface area contributed by atoms with E-state index < -0.39 is 0 Å². The van der Waals surface area contributed by atoms with Gasteiger partial charge in [-0.2, -0.15) is 0 Å². The summed E-state index contributed by atoms with van der Waals surface area (Å²) in [5.41, 5.74) is 1.07. The lowest BCUT2D eigenvalue weighted by Crippen LogP contribution is -2.40. The van der Waals surface area contributed by atoms with Crippen molar-refractivity contribution in [1.29, 1.82) is 0 Å². The molecular formula is C18H21ClN4O3S2. The van der Waals surface area contributed by atoms with E-state index in [-0.39, 0.29) is 23.5 Å². The first kappa shape index (κ1) is 21.0. The second-order valence-corrected chi connectivity index (χ2v) is 9.00. The number of likely N-dealkylation sites (tertiary alicyclic amines) is 1. The fourth-order valence-corrected chi connectivity index (χ4v) is 4.77. The van der Waals surface area contributed by atoms with Crippen molar-refractivity contribution in [2.45, 2.75) is 23.7 Å². The van der Waals surface area contributed by atoms with Crippen LogP contribution in [0.25, 0.3) is 0 Å². The maximum absolute atomic E-state index is 12.6. The first-order chi connectivity index (χ1) is 13.5. The monoisotopic (exact) mass is 440 g/mol. The van der Waals surface area contributed by atoms with Crippen LogP contribution >= 0.6 is 34.7 Å². The van der Waals surface area contributed by atoms with Crippen LogP contribution < -0.4 is 5.32 Å². The number of halogens is 1. The molecule has 0 spiro atoms. The molecule has 1 fully saturated rings. The van der Waals surface area contributed by atoms with E-state index in [0.29, 0.717) is 16.0 Å². The summed E-state index contributed by atoms with van der Waals surface area (Å²) < 4.78 is 5.21. The molecule has 1 atom stereocenters. The van der Waals surface area contributed by atoms with Crippen molar-refractivity contribution in [2.24, 2.45) is 5.92 Å². The average Bonchev–Trinajstić information content (AvgIpc) is 3.15. The number of benzene rings is 1. The number of ether oxygens (including phenoxy) is 1. The Morgan fingerprint density at radius 3 is 3.00 bits per heavy atom. The Hall–Kier alpha value is -1.68. The van der Waals surface area contributed by atoms with Crippen LogP contribution in [0.2, 0.25) is 5.02 Å². The average molecular weight is 441 g/mol. The maximum Gasteiger partial charge on any atom is 0.316 e. The van der Waals surface area contributed by atoms with Crippen LogP contribution in [0.3, 0.4) is 0 Å². The molecule has 150 valence electrons. The Balaban J connectivity index is 1.52. The summed E-state index contributed by atoms with van der Waals surface area (Å²) in [6, 6.07) is 7.79. The molecule has 1 saturated heterocycles. The fraction of sp³-hybridized carbons (Fsp3) is 0.444. The summed E-state index contributed by atoms with van der Waals surface area (Å²) in [6.45, 7) is 2.36. The minimum atomic E-state index is -0.327. The molecule has 0 bridgehead atoms. The number of hydrogen-bond donors (Lipinski definition) is 1. The molecule has 3 rings (SSSR count). The lowest BCUT2D eigenvalue weighted by molar-refractivity contribution is -0.137. The van der Waals surface area contributed by atoms with Gasteiger partial charge in [0.15, 0.2) is 4.34 Å². The molecule has 2 aromatic rings. The molecule has 1 amide bonds. The lowest BCUT2D eigenvalue weighted by Gasteiger charge is -2.32. The molecule has 0 saturated carbocycles. The summed E-state index contributed by atoms with van der Waals surface area (Å²) in [4.78, 5) is 26.1. The number of esters is 1. The third-order valence-electron chi connectivity index (χ3n) is 4.41. The van der Waals surface area contributed by atoms with E-state index in [1.165, 1.54) is 30.2 Å². The molecule has 0 radical (unpaired) electrons. The molecule has 10 heteroatoms. The van der Waals surface area contributed by atoms with Crippen LogP contribution in [0.15, 0.2) is 28.6 Å². The Labute approximate surface area is 176 Å². The molecule has 0 unspecified atom stereocenters. The zero-order valence-corrected chi connectivity index (χ0v) is 17.8. The van der Waals surface area contributed by atoms with E-state index in [1.54, 1.807) is 0 Å². The summed E-state index contributed by atoms with van der Waals surface area (Å²) in [5, 5.41) is 12.0. The highest BCUT2D eigenvalue weighted by atomic mass is 35.5. The number of rotatable bonds is 7. The number of anilines is 1. The minimum Gasteiger partial charge on any atom is -0.468 e. The number of methoxy groups -OCH3 is 1. The molecule has 0 aliphatic carbocycles. The van der Waals surface area contributed by atoms with Gasteiger partial charge in [-0.05, 0) is 31.0 Å². The van der Waals surface area contributed by atoms with Crippen molar-refractivity contribution in [3.8, 4) is 0 Å². The van der Waals surface area contributed by atoms with Crippen molar-refractivity contribution in [2.75, 3.05) is 31.3 Å². The maximum atomic E-state index is 12.6. The van der Waals surface area contributed by atoms with Gasteiger partial charge in [-0.25, -0.2) is 0 Å². The van der Waals surface area contributed by atoms with Crippen molar-refractivity contribution >= 4 is 51.7 Å². The lowest BCUT2D eigenvalue weighted by atomic mass is 9.97. The quantitative estimate of drug-likeness (QED) is 0.401. The normalized spacial score (nSPS) is 17.3. The van der Waals surface area contributed by atoms with Gasteiger partial charge < -0.3 is 10.1 Å². The molecule has 1 aliphatic heterocycles. The van der Waals surface area contributed by atoms with Gasteiger partial charge in [-0.15, -0.1) is 10.2 Å². The van der Waals surface area contributed by atoms with E-state index in [1.807, 2.05) is 24.3 Å². The summed E-state index contributed by atoms with van der Waals surface area (Å²) in [5.74, 6) is -0.318. The van der Waals surface area contributed by atoms with Crippen LogP contribution in [0.5, 0.6) is 0 Å². The van der Waals surface area contributed by atoms with Crippen LogP contribution in [0.4, 0.5) is 5.13 Å². The molecule has 28 heavy (non-hydrogen) atoms. The third-order valence-corrected chi connectivity index (χ3v) is 6.72. The minimum absolute atomic E-state index is 0.0514. The van der Waals surface area contributed by atoms with Gasteiger partial charge in [-0.3, -0.25) is 14.5 Å². The topological polar surface area (TPSA) is 84.4 Å². The number of piperidine rings is 1. The smallest absolute Gasteiger partial charge is 0.316 e. The Morgan fingerprint density at radius 2 is 2.21 bits per heavy atom. The van der Waals surface area contributed by atoms with E-state index in [9.17, 15) is 9.59 Å². The van der Waals surface area contributed by atoms with E-state index in [4.69, 9.17) is 11.6 Å². The second-order valence-electron chi connectivity index (χ2n) is 6.39. The van der Waals surface area contributed by atoms with Crippen LogP contribution in [-0.4, -0.2) is 52.9 Å². The Kier molecular flexibility index (Phi) is 7.66. The molecule has 1 N–H and O–H groups in total. The molecule has 2 heterocycles. The number of hydrogen-bond acceptors (Lipinski definition) is 8. The number of nitrogens with one attached hydrogen (secondary N) is 1. The van der Waals surface area contributed by atoms with Gasteiger partial charge in [0, 0.05) is 18.1 Å². The molecule has 1 aromatic heterocycles. The zero-order chi connectivity index (χ0) is 19.9. The van der Waals surface area contributed by atoms with Gasteiger partial charge in [0.25, 0.3) is 0 Å². The van der Waals surface area contributed by atoms with Gasteiger partial charge in [-0.1, -0.05) is 52.9 Å². The van der Waals surface area contributed by atoms with Crippen molar-refractivity contribution < 1.29 is 14.3 Å². The van der Waals surface area contributed by atoms with E-state index >= 15 is 0 Å². The van der Waals surface area contributed by atoms with Gasteiger partial charge >= 0.3 is 5.97 Å². The third kappa shape index (κ3) is 5.91. The molecule has 7 nitrogen and oxygen atoms in total. The highest BCUT2D eigenvalue weighted by Gasteiger charge is 2.27. The van der Waals surface area contributed by atoms with E-state index in [0.717, 1.165) is 36.5 Å². The van der Waals surface area contributed by atoms with Gasteiger partial charge in [0.1, 0.15) is 0 Å². The summed E-state index contributed by atoms with van der Waals surface area (Å²) in [6.07, 6.45) is 1.80. The predicted molar refractivity (Wildman–Crippen MR) is 111 cm³/mol. The largest absolute Gasteiger partial charge is 0.468 e. The number of thioether (sulfide) groups is 1. The number of carbonyl (C=O) groups is 2. The predicted octanol–water partition coefficient (Wildman–Crippen LogP) is 3.31. The second kappa shape index (κ2) is 10.2. The van der Waals surface area contributed by atoms with Crippen LogP contribution in [-0.2, 0) is 20.9 Å². The Bertz CT molecular complexity index is 833. The van der Waals surface area contributed by atoms with Crippen LogP contribution in [0, 0.1) is 5.92 Å². The van der Waals surface area contributed by atoms with Crippen molar-refractivity contribution in [3.05, 3.63) is 34.9 Å².